The molecule has 0 aliphatic rings. The summed E-state index contributed by atoms with van der Waals surface area (Å²) in [5.74, 6) is -0.124. The molecule has 0 spiro atoms. The fourth-order valence-electron chi connectivity index (χ4n) is 0.787. The molecule has 9 heteroatoms. The molecule has 19 heavy (non-hydrogen) atoms. The second-order valence-corrected chi connectivity index (χ2v) is 4.78. The Morgan fingerprint density at radius 2 is 1.58 bits per heavy atom. The Bertz CT molecular complexity index is 371. The summed E-state index contributed by atoms with van der Waals surface area (Å²) in [6.07, 6.45) is -2.12. The van der Waals surface area contributed by atoms with Crippen LogP contribution in [0.15, 0.2) is 33.6 Å². The van der Waals surface area contributed by atoms with E-state index in [0.717, 1.165) is 9.37 Å². The number of carboxylic acid groups (broad SMARTS) is 3. The van der Waals surface area contributed by atoms with Crippen LogP contribution in [-0.2, 0) is 4.79 Å². The predicted octanol–water partition coefficient (Wildman–Crippen LogP) is -5.42. The Morgan fingerprint density at radius 1 is 1.16 bits per heavy atom. The fourth-order valence-corrected chi connectivity index (χ4v) is 1.89. The van der Waals surface area contributed by atoms with Crippen molar-refractivity contribution in [1.29, 1.82) is 0 Å². The maximum Gasteiger partial charge on any atom is 1.00 e. The molecule has 0 fully saturated rings. The van der Waals surface area contributed by atoms with Crippen molar-refractivity contribution in [3.63, 3.8) is 0 Å². The van der Waals surface area contributed by atoms with Gasteiger partial charge in [-0.2, -0.15) is 0 Å². The molecule has 0 radical (unpaired) electrons. The van der Waals surface area contributed by atoms with E-state index in [2.05, 4.69) is 15.9 Å². The van der Waals surface area contributed by atoms with Crippen molar-refractivity contribution >= 4 is 39.8 Å². The van der Waals surface area contributed by atoms with Gasteiger partial charge in [0, 0.05) is 15.1 Å². The first-order valence-electron chi connectivity index (χ1n) is 4.40. The molecule has 5 nitrogen and oxygen atoms in total. The van der Waals surface area contributed by atoms with Crippen molar-refractivity contribution in [3.05, 3.63) is 28.7 Å². The number of benzene rings is 1. The Balaban J connectivity index is -0.000000379. The molecule has 0 aliphatic heterocycles. The average Bonchev–Trinajstić information content (AvgIpc) is 2.19. The molecule has 0 bridgehead atoms. The molecule has 1 aromatic rings. The number of hydrogen-bond acceptors (Lipinski definition) is 5. The van der Waals surface area contributed by atoms with Gasteiger partial charge in [0.1, 0.15) is 0 Å². The van der Waals surface area contributed by atoms with Crippen LogP contribution in [-0.4, -0.2) is 23.0 Å². The van der Waals surface area contributed by atoms with Gasteiger partial charge in [0.05, 0.1) is 6.42 Å². The molecule has 0 aromatic heterocycles. The summed E-state index contributed by atoms with van der Waals surface area (Å²) < 4.78 is 1.04. The first kappa shape index (κ1) is 24.8. The number of carboxylic acids is 1. The topological polar surface area (TPSA) is 100 Å². The average molecular weight is 367 g/mol. The fraction of sp³-hybridized carbons (Fsp3) is 0.200. The van der Waals surface area contributed by atoms with Crippen molar-refractivity contribution in [3.8, 4) is 0 Å². The molecule has 0 saturated carbocycles. The monoisotopic (exact) mass is 366 g/mol. The van der Waals surface area contributed by atoms with Crippen LogP contribution in [0, 0.1) is 0 Å². The summed E-state index contributed by atoms with van der Waals surface area (Å²) in [6, 6.07) is 7.83. The molecule has 1 N–H and O–H groups in total. The second-order valence-electron chi connectivity index (χ2n) is 2.70. The number of rotatable bonds is 4. The standard InChI is InChI=1S/C9H9BrO2S.CH2O3.2Na/c10-7-1-3-8(4-2-7)13-6-5-9(11)12;2-1(3)4;;/h1-4H,5-6H2,(H,11,12);(H2,2,3,4);;/q;;2*+1/p-2. The molecule has 0 unspecified atom stereocenters. The van der Waals surface area contributed by atoms with Crippen LogP contribution < -0.4 is 69.3 Å². The third kappa shape index (κ3) is 18.8. The van der Waals surface area contributed by atoms with Crippen LogP contribution in [0.4, 0.5) is 4.79 Å². The van der Waals surface area contributed by atoms with Crippen molar-refractivity contribution in [1.82, 2.24) is 0 Å². The summed E-state index contributed by atoms with van der Waals surface area (Å²) in [4.78, 5) is 19.7. The Kier molecular flexibility index (Phi) is 19.8. The quantitative estimate of drug-likeness (QED) is 0.421. The Labute approximate surface area is 167 Å². The largest absolute Gasteiger partial charge is 1.00 e. The molecule has 0 heterocycles. The van der Waals surface area contributed by atoms with E-state index in [-0.39, 0.29) is 65.5 Å². The van der Waals surface area contributed by atoms with Gasteiger partial charge < -0.3 is 20.1 Å². The maximum absolute atomic E-state index is 10.2. The third-order valence-corrected chi connectivity index (χ3v) is 2.94. The minimum Gasteiger partial charge on any atom is -0.652 e. The molecule has 1 rings (SSSR count). The van der Waals surface area contributed by atoms with Crippen LogP contribution >= 0.6 is 27.7 Å². The third-order valence-electron chi connectivity index (χ3n) is 1.40. The van der Waals surface area contributed by atoms with Gasteiger partial charge >= 0.3 is 65.1 Å². The Morgan fingerprint density at radius 3 is 1.95 bits per heavy atom. The van der Waals surface area contributed by atoms with E-state index in [9.17, 15) is 4.79 Å². The SMILES string of the molecule is O=C(O)CCSc1ccc(Br)cc1.O=C([O-])[O-].[Na+].[Na+]. The van der Waals surface area contributed by atoms with Crippen LogP contribution in [0.5, 0.6) is 0 Å². The number of carbonyl (C=O) groups is 2. The molecule has 0 amide bonds. The summed E-state index contributed by atoms with van der Waals surface area (Å²) in [7, 11) is 0. The van der Waals surface area contributed by atoms with Gasteiger partial charge in [-0.25, -0.2) is 0 Å². The van der Waals surface area contributed by atoms with Crippen molar-refractivity contribution in [2.75, 3.05) is 5.75 Å². The van der Waals surface area contributed by atoms with Crippen molar-refractivity contribution in [2.24, 2.45) is 0 Å². The van der Waals surface area contributed by atoms with Gasteiger partial charge in [-0.3, -0.25) is 4.79 Å². The van der Waals surface area contributed by atoms with Crippen LogP contribution in [0.1, 0.15) is 6.42 Å². The van der Waals surface area contributed by atoms with Crippen LogP contribution in [0.2, 0.25) is 0 Å². The van der Waals surface area contributed by atoms with Gasteiger partial charge in [0.15, 0.2) is 0 Å². The van der Waals surface area contributed by atoms with E-state index in [1.807, 2.05) is 24.3 Å². The second kappa shape index (κ2) is 15.2. The zero-order chi connectivity index (χ0) is 13.3. The van der Waals surface area contributed by atoms with E-state index in [1.54, 1.807) is 11.8 Å². The summed E-state index contributed by atoms with van der Waals surface area (Å²) in [5, 5.41) is 25.1. The van der Waals surface area contributed by atoms with Gasteiger partial charge in [-0.15, -0.1) is 11.8 Å². The number of aliphatic carboxylic acids is 1. The number of hydrogen-bond donors (Lipinski definition) is 1. The molecule has 0 saturated heterocycles. The molecule has 1 aromatic carbocycles. The van der Waals surface area contributed by atoms with E-state index in [4.69, 9.17) is 20.1 Å². The van der Waals surface area contributed by atoms with Gasteiger partial charge in [0.25, 0.3) is 0 Å². The zero-order valence-corrected chi connectivity index (χ0v) is 17.0. The molecular formula is C10H9BrNa2O5S. The predicted molar refractivity (Wildman–Crippen MR) is 62.5 cm³/mol. The Hall–Kier alpha value is 0.790. The van der Waals surface area contributed by atoms with E-state index in [1.165, 1.54) is 0 Å². The molecular weight excluding hydrogens is 358 g/mol. The van der Waals surface area contributed by atoms with Crippen LogP contribution in [0.25, 0.3) is 0 Å². The van der Waals surface area contributed by atoms with Gasteiger partial charge in [-0.1, -0.05) is 15.9 Å². The summed E-state index contributed by atoms with van der Waals surface area (Å²) >= 11 is 4.89. The zero-order valence-electron chi connectivity index (χ0n) is 10.6. The summed E-state index contributed by atoms with van der Waals surface area (Å²) in [6.45, 7) is 0. The number of thioether (sulfide) groups is 1. The van der Waals surface area contributed by atoms with Crippen molar-refractivity contribution < 1.29 is 84.0 Å². The normalized spacial score (nSPS) is 8.05. The smallest absolute Gasteiger partial charge is 0.652 e. The number of carbonyl (C=O) groups excluding carboxylic acids is 1. The van der Waals surface area contributed by atoms with E-state index < -0.39 is 12.1 Å². The molecule has 0 atom stereocenters. The first-order chi connectivity index (χ1) is 7.91. The maximum atomic E-state index is 10.2. The molecule has 94 valence electrons. The molecule has 0 aliphatic carbocycles. The summed E-state index contributed by atoms with van der Waals surface area (Å²) in [5.41, 5.74) is 0. The van der Waals surface area contributed by atoms with E-state index in [0.29, 0.717) is 5.75 Å². The number of halogens is 1. The van der Waals surface area contributed by atoms with Crippen LogP contribution in [0.3, 0.4) is 0 Å². The van der Waals surface area contributed by atoms with Crippen molar-refractivity contribution in [2.45, 2.75) is 11.3 Å². The van der Waals surface area contributed by atoms with E-state index >= 15 is 0 Å². The minimum absolute atomic E-state index is 0. The minimum atomic E-state index is -2.33. The van der Waals surface area contributed by atoms with Gasteiger partial charge in [0.2, 0.25) is 0 Å². The first-order valence-corrected chi connectivity index (χ1v) is 6.18. The van der Waals surface area contributed by atoms with Gasteiger partial charge in [-0.05, 0) is 30.4 Å².